The van der Waals surface area contributed by atoms with Crippen LogP contribution < -0.4 is 32.3 Å². The van der Waals surface area contributed by atoms with Gasteiger partial charge in [0.15, 0.2) is 0 Å². The van der Waals surface area contributed by atoms with Crippen LogP contribution in [-0.2, 0) is 70.4 Å². The molecule has 98 heavy (non-hydrogen) atoms. The summed E-state index contributed by atoms with van der Waals surface area (Å²) in [4.78, 5) is 181. The van der Waals surface area contributed by atoms with Gasteiger partial charge in [-0.3, -0.25) is 62.4 Å². The summed E-state index contributed by atoms with van der Waals surface area (Å²) < 4.78 is 0. The summed E-state index contributed by atoms with van der Waals surface area (Å²) in [7, 11) is 7.04. The van der Waals surface area contributed by atoms with Crippen molar-refractivity contribution >= 4 is 71.4 Å². The van der Waals surface area contributed by atoms with Crippen molar-refractivity contribution in [2.24, 2.45) is 35.3 Å². The average molecular weight is 1370 g/mol. The van der Waals surface area contributed by atoms with E-state index in [-0.39, 0.29) is 55.9 Å². The molecule has 26 nitrogen and oxygen atoms in total. The van der Waals surface area contributed by atoms with E-state index in [9.17, 15) is 38.7 Å². The molecule has 0 aromatic heterocycles. The van der Waals surface area contributed by atoms with Crippen molar-refractivity contribution in [1.29, 1.82) is 0 Å². The minimum atomic E-state index is -1.79. The lowest BCUT2D eigenvalue weighted by Gasteiger charge is -2.40. The molecule has 2 aromatic carbocycles. The van der Waals surface area contributed by atoms with Crippen molar-refractivity contribution in [2.75, 3.05) is 54.9 Å². The minimum Gasteiger partial charge on any atom is -0.376 e. The highest BCUT2D eigenvalue weighted by molar-refractivity contribution is 6.00. The molecule has 13 atom stereocenters. The fourth-order valence-corrected chi connectivity index (χ4v) is 12.6. The fourth-order valence-electron chi connectivity index (χ4n) is 12.6. The van der Waals surface area contributed by atoms with Crippen LogP contribution in [0.3, 0.4) is 0 Å². The van der Waals surface area contributed by atoms with E-state index in [4.69, 9.17) is 5.73 Å². The molecule has 0 spiro atoms. The number of aliphatic hydroxyl groups is 1. The van der Waals surface area contributed by atoms with Gasteiger partial charge < -0.3 is 66.8 Å². The van der Waals surface area contributed by atoms with Crippen LogP contribution in [0.5, 0.6) is 0 Å². The Labute approximate surface area is 581 Å². The predicted molar refractivity (Wildman–Crippen MR) is 373 cm³/mol. The van der Waals surface area contributed by atoms with Gasteiger partial charge in [-0.1, -0.05) is 143 Å². The van der Waals surface area contributed by atoms with E-state index in [1.54, 1.807) is 95.3 Å². The summed E-state index contributed by atoms with van der Waals surface area (Å²) in [5.41, 5.74) is 6.89. The summed E-state index contributed by atoms with van der Waals surface area (Å²) in [5, 5.41) is 25.6. The lowest BCUT2D eigenvalue weighted by atomic mass is 9.95. The van der Waals surface area contributed by atoms with E-state index in [0.717, 1.165) is 29.1 Å². The van der Waals surface area contributed by atoms with Crippen LogP contribution in [0.4, 0.5) is 0 Å². The van der Waals surface area contributed by atoms with Crippen molar-refractivity contribution < 1.29 is 62.6 Å². The number of nitrogens with one attached hydrogen (secondary N) is 5. The van der Waals surface area contributed by atoms with Crippen molar-refractivity contribution in [3.8, 4) is 0 Å². The second-order valence-electron chi connectivity index (χ2n) is 28.4. The topological polar surface area (TPSA) is 334 Å². The van der Waals surface area contributed by atoms with E-state index in [1.807, 2.05) is 46.4 Å². The number of amides is 12. The number of carbonyl (C=O) groups excluding carboxylic acids is 12. The van der Waals surface area contributed by atoms with Crippen LogP contribution in [0.2, 0.25) is 0 Å². The van der Waals surface area contributed by atoms with E-state index >= 15 is 24.0 Å². The average Bonchev–Trinajstić information content (AvgIpc) is 1.35. The molecule has 2 aliphatic rings. The molecule has 0 saturated carbocycles. The second kappa shape index (κ2) is 39.0. The zero-order valence-corrected chi connectivity index (χ0v) is 61.1. The number of rotatable bonds is 37. The predicted octanol–water partition coefficient (Wildman–Crippen LogP) is 2.82. The largest absolute Gasteiger partial charge is 0.376 e. The number of nitrogens with two attached hydrogens (primary N) is 1. The maximum atomic E-state index is 15.4. The molecule has 3 unspecified atom stereocenters. The zero-order chi connectivity index (χ0) is 73.6. The maximum absolute atomic E-state index is 15.4. The highest BCUT2D eigenvalue weighted by Gasteiger charge is 2.45. The van der Waals surface area contributed by atoms with Gasteiger partial charge in [0.2, 0.25) is 71.4 Å². The van der Waals surface area contributed by atoms with Gasteiger partial charge in [-0.25, -0.2) is 0 Å². The molecule has 2 saturated heterocycles. The number of likely N-dealkylation sites (tertiary alicyclic amines) is 2. The third-order valence-electron chi connectivity index (χ3n) is 19.5. The highest BCUT2D eigenvalue weighted by Crippen LogP contribution is 2.26. The zero-order valence-electron chi connectivity index (χ0n) is 61.1. The van der Waals surface area contributed by atoms with Crippen molar-refractivity contribution in [3.05, 3.63) is 71.8 Å². The van der Waals surface area contributed by atoms with E-state index in [0.29, 0.717) is 49.9 Å². The number of likely N-dealkylation sites (N-methyl/N-ethyl adjacent to an activating group) is 5. The molecular weight excluding hydrogens is 1250 g/mol. The standard InChI is InChI=1S/C72H115N13O13/c1-18-47(10)61(71(97)84-34-26-21-27-35-84)78-63(89)49(12)80(14)69(95)57(38-44(4)5)83(17)70(96)60(46(8)9)77-64(90)52(41-58(87)79(13)48(11)62(73)88)75-65(91)55(39-50-29-22-19-23-30-50)81(15)67(93)53(37-43(2)3)76-66(92)56(40-51-31-24-20-25-32-51)82(16)68(94)54-33-28-36-85(54)72(98)59(45(6)7)74-42-86/h19-20,22-25,29-32,42-49,52-57,59-61,71,97H,18,21,26-28,33-41H2,1-17H3,(H2,73,88)(H,74,86)(H,75,91)(H,76,92)(H,77,90)(H,78,89)/t47-,48-,49-,52?,53+,54-,55-,56?,57-,59+,60-,61-,71?/m0/s1. The fraction of sp³-hybridized carbons (Fsp3) is 0.667. The molecule has 0 radical (unpaired) electrons. The van der Waals surface area contributed by atoms with Crippen LogP contribution in [0.15, 0.2) is 60.7 Å². The number of aliphatic hydroxyl groups excluding tert-OH is 1. The highest BCUT2D eigenvalue weighted by atomic mass is 16.3. The van der Waals surface area contributed by atoms with Crippen LogP contribution in [0, 0.1) is 29.6 Å². The van der Waals surface area contributed by atoms with Gasteiger partial charge in [-0.2, -0.15) is 0 Å². The Morgan fingerprint density at radius 1 is 0.551 bits per heavy atom. The van der Waals surface area contributed by atoms with Gasteiger partial charge in [-0.05, 0) is 93.1 Å². The van der Waals surface area contributed by atoms with Crippen molar-refractivity contribution in [1.82, 2.24) is 60.9 Å². The van der Waals surface area contributed by atoms with Gasteiger partial charge in [-0.15, -0.1) is 0 Å². The molecule has 2 fully saturated rings. The SMILES string of the molecule is CC[C@H](C)[C@H](NC(=O)[C@H](C)N(C)C(=O)[C@H](CC(C)C)N(C)C(=O)[C@@H](NC(=O)C(CC(=O)N(C)[C@@H](C)C(N)=O)NC(=O)[C@H](Cc1ccccc1)N(C)C(=O)[C@@H](CC(C)C)NC(=O)C(Cc1ccccc1)N(C)C(=O)[C@@H]1CCCN1C(=O)[C@H](NC=O)C(C)C)C(C)C)C(O)N1CCCCC1. The Kier molecular flexibility index (Phi) is 32.8. The lowest BCUT2D eigenvalue weighted by Crippen LogP contribution is -2.62. The molecule has 2 aromatic rings. The molecule has 4 rings (SSSR count). The first-order valence-electron chi connectivity index (χ1n) is 34.9. The van der Waals surface area contributed by atoms with Gasteiger partial charge in [0.25, 0.3) is 0 Å². The molecule has 12 amide bonds. The van der Waals surface area contributed by atoms with Crippen molar-refractivity contribution in [3.63, 3.8) is 0 Å². The first kappa shape index (κ1) is 82.4. The van der Waals surface area contributed by atoms with Gasteiger partial charge >= 0.3 is 0 Å². The molecule has 0 bridgehead atoms. The summed E-state index contributed by atoms with van der Waals surface area (Å²) in [6.07, 6.45) is 3.13. The molecule has 0 aliphatic carbocycles. The maximum Gasteiger partial charge on any atom is 0.246 e. The monoisotopic (exact) mass is 1370 g/mol. The summed E-state index contributed by atoms with van der Waals surface area (Å²) in [5.74, 6) is -9.23. The van der Waals surface area contributed by atoms with Crippen LogP contribution in [0.25, 0.3) is 0 Å². The third-order valence-corrected chi connectivity index (χ3v) is 19.5. The first-order chi connectivity index (χ1) is 46.1. The Morgan fingerprint density at radius 2 is 1.06 bits per heavy atom. The molecule has 26 heteroatoms. The number of primary amides is 1. The van der Waals surface area contributed by atoms with E-state index < -0.39 is 150 Å². The Hall–Kier alpha value is -8.00. The lowest BCUT2D eigenvalue weighted by molar-refractivity contribution is -0.150. The van der Waals surface area contributed by atoms with Gasteiger partial charge in [0.05, 0.1) is 12.5 Å². The summed E-state index contributed by atoms with van der Waals surface area (Å²) in [6, 6.07) is 4.60. The number of carbonyl (C=O) groups is 12. The number of hydrogen-bond acceptors (Lipinski definition) is 14. The molecule has 546 valence electrons. The van der Waals surface area contributed by atoms with Gasteiger partial charge in [0.1, 0.15) is 66.6 Å². The van der Waals surface area contributed by atoms with Gasteiger partial charge in [0, 0.05) is 67.7 Å². The van der Waals surface area contributed by atoms with Crippen LogP contribution >= 0.6 is 0 Å². The Balaban J connectivity index is 1.72. The summed E-state index contributed by atoms with van der Waals surface area (Å²) in [6.45, 7) is 22.8. The van der Waals surface area contributed by atoms with Crippen molar-refractivity contribution in [2.45, 2.75) is 226 Å². The normalized spacial score (nSPS) is 17.9. The second-order valence-corrected chi connectivity index (χ2v) is 28.4. The first-order valence-corrected chi connectivity index (χ1v) is 34.9. The molecule has 8 N–H and O–H groups in total. The number of benzene rings is 2. The van der Waals surface area contributed by atoms with Crippen LogP contribution in [0.1, 0.15) is 152 Å². The number of piperidine rings is 1. The summed E-state index contributed by atoms with van der Waals surface area (Å²) >= 11 is 0. The Bertz CT molecular complexity index is 3000. The number of nitrogens with zero attached hydrogens (tertiary/aromatic N) is 7. The Morgan fingerprint density at radius 3 is 1.55 bits per heavy atom. The van der Waals surface area contributed by atoms with Crippen LogP contribution in [-0.4, -0.2) is 238 Å². The quantitative estimate of drug-likeness (QED) is 0.0479. The van der Waals surface area contributed by atoms with E-state index in [1.165, 1.54) is 61.8 Å². The van der Waals surface area contributed by atoms with E-state index in [2.05, 4.69) is 26.6 Å². The molecule has 2 aliphatic heterocycles. The molecular formula is C72H115N13O13. The molecule has 2 heterocycles. The number of hydrogen-bond donors (Lipinski definition) is 7. The smallest absolute Gasteiger partial charge is 0.246 e. The minimum absolute atomic E-state index is 0.00211. The third kappa shape index (κ3) is 22.8.